The fourth-order valence-electron chi connectivity index (χ4n) is 4.39. The van der Waals surface area contributed by atoms with Gasteiger partial charge in [-0.25, -0.2) is 4.39 Å². The maximum Gasteiger partial charge on any atom is 0.112 e. The number of alkyl halides is 1. The number of rotatable bonds is 2. The molecule has 16 heavy (non-hydrogen) atoms. The average molecular weight is 225 g/mol. The molecule has 2 aliphatic carbocycles. The molecule has 4 unspecified atom stereocenters. The second-order valence-corrected chi connectivity index (χ2v) is 6.39. The lowest BCUT2D eigenvalue weighted by atomic mass is 9.78. The summed E-state index contributed by atoms with van der Waals surface area (Å²) >= 11 is 0. The minimum Gasteiger partial charge on any atom is -0.317 e. The summed E-state index contributed by atoms with van der Waals surface area (Å²) in [6.45, 7) is 1.90. The minimum atomic E-state index is -0.835. The molecule has 0 aromatic carbocycles. The Labute approximate surface area is 98.2 Å². The highest BCUT2D eigenvalue weighted by Gasteiger charge is 2.43. The lowest BCUT2D eigenvalue weighted by Crippen LogP contribution is -2.29. The van der Waals surface area contributed by atoms with Gasteiger partial charge >= 0.3 is 0 Å². The Morgan fingerprint density at radius 3 is 2.81 bits per heavy atom. The van der Waals surface area contributed by atoms with Gasteiger partial charge in [-0.1, -0.05) is 6.42 Å². The van der Waals surface area contributed by atoms with Crippen LogP contribution in [0.15, 0.2) is 0 Å². The quantitative estimate of drug-likeness (QED) is 0.760. The Kier molecular flexibility index (Phi) is 2.95. The van der Waals surface area contributed by atoms with E-state index in [1.807, 2.05) is 0 Å². The predicted molar refractivity (Wildman–Crippen MR) is 64.1 cm³/mol. The molecule has 3 aliphatic rings. The van der Waals surface area contributed by atoms with Gasteiger partial charge in [0.05, 0.1) is 0 Å². The highest BCUT2D eigenvalue weighted by molar-refractivity contribution is 4.95. The zero-order valence-corrected chi connectivity index (χ0v) is 10.2. The normalized spacial score (nSPS) is 48.2. The van der Waals surface area contributed by atoms with E-state index in [2.05, 4.69) is 5.32 Å². The number of hydrogen-bond acceptors (Lipinski definition) is 1. The first-order chi connectivity index (χ1) is 7.75. The van der Waals surface area contributed by atoms with E-state index in [0.717, 1.165) is 56.5 Å². The average Bonchev–Trinajstić information content (AvgIpc) is 2.79. The molecule has 0 aromatic heterocycles. The fourth-order valence-corrected chi connectivity index (χ4v) is 4.39. The Morgan fingerprint density at radius 2 is 2.06 bits per heavy atom. The first-order valence-corrected chi connectivity index (χ1v) is 7.15. The van der Waals surface area contributed by atoms with Crippen LogP contribution in [-0.4, -0.2) is 18.8 Å². The molecule has 0 spiro atoms. The molecule has 1 heterocycles. The first-order valence-electron chi connectivity index (χ1n) is 7.15. The van der Waals surface area contributed by atoms with Crippen molar-refractivity contribution in [2.45, 2.75) is 57.0 Å². The third-order valence-corrected chi connectivity index (χ3v) is 5.24. The maximum atomic E-state index is 14.8. The van der Waals surface area contributed by atoms with E-state index in [4.69, 9.17) is 0 Å². The SMILES string of the molecule is FC1(CC2CC3CCC2C3)CCCNCC1. The van der Waals surface area contributed by atoms with Crippen molar-refractivity contribution in [2.24, 2.45) is 17.8 Å². The molecule has 3 fully saturated rings. The van der Waals surface area contributed by atoms with Crippen molar-refractivity contribution in [2.75, 3.05) is 13.1 Å². The van der Waals surface area contributed by atoms with Crippen molar-refractivity contribution in [1.82, 2.24) is 5.32 Å². The molecule has 1 N–H and O–H groups in total. The van der Waals surface area contributed by atoms with Crippen LogP contribution in [0, 0.1) is 17.8 Å². The van der Waals surface area contributed by atoms with Gasteiger partial charge in [-0.3, -0.25) is 0 Å². The summed E-state index contributed by atoms with van der Waals surface area (Å²) in [7, 11) is 0. The summed E-state index contributed by atoms with van der Waals surface area (Å²) in [4.78, 5) is 0. The van der Waals surface area contributed by atoms with E-state index < -0.39 is 5.67 Å². The molecule has 1 nitrogen and oxygen atoms in total. The lowest BCUT2D eigenvalue weighted by molar-refractivity contribution is 0.0900. The molecular weight excluding hydrogens is 201 g/mol. The molecule has 2 saturated carbocycles. The van der Waals surface area contributed by atoms with Gasteiger partial charge in [0, 0.05) is 0 Å². The Bertz CT molecular complexity index is 245. The van der Waals surface area contributed by atoms with Crippen LogP contribution in [0.1, 0.15) is 51.4 Å². The van der Waals surface area contributed by atoms with Crippen LogP contribution in [0.25, 0.3) is 0 Å². The number of fused-ring (bicyclic) bond motifs is 2. The summed E-state index contributed by atoms with van der Waals surface area (Å²) < 4.78 is 14.8. The molecule has 1 aliphatic heterocycles. The lowest BCUT2D eigenvalue weighted by Gasteiger charge is -2.31. The second kappa shape index (κ2) is 4.29. The second-order valence-electron chi connectivity index (χ2n) is 6.39. The molecule has 3 rings (SSSR count). The van der Waals surface area contributed by atoms with Gasteiger partial charge in [-0.2, -0.15) is 0 Å². The summed E-state index contributed by atoms with van der Waals surface area (Å²) in [5, 5.41) is 3.32. The van der Waals surface area contributed by atoms with Crippen molar-refractivity contribution in [3.05, 3.63) is 0 Å². The number of nitrogens with one attached hydrogen (secondary N) is 1. The summed E-state index contributed by atoms with van der Waals surface area (Å²) in [5.41, 5.74) is -0.835. The van der Waals surface area contributed by atoms with Gasteiger partial charge < -0.3 is 5.32 Å². The van der Waals surface area contributed by atoms with Gasteiger partial charge in [-0.05, 0) is 75.8 Å². The fraction of sp³-hybridized carbons (Fsp3) is 1.00. The van der Waals surface area contributed by atoms with Crippen LogP contribution < -0.4 is 5.32 Å². The monoisotopic (exact) mass is 225 g/mol. The van der Waals surface area contributed by atoms with Crippen LogP contribution in [0.3, 0.4) is 0 Å². The molecule has 2 bridgehead atoms. The molecule has 0 aromatic rings. The van der Waals surface area contributed by atoms with Crippen molar-refractivity contribution in [3.8, 4) is 0 Å². The van der Waals surface area contributed by atoms with E-state index in [-0.39, 0.29) is 0 Å². The van der Waals surface area contributed by atoms with Crippen molar-refractivity contribution in [1.29, 1.82) is 0 Å². The molecule has 0 amide bonds. The van der Waals surface area contributed by atoms with E-state index >= 15 is 0 Å². The van der Waals surface area contributed by atoms with E-state index in [1.165, 1.54) is 25.7 Å². The van der Waals surface area contributed by atoms with Crippen LogP contribution in [0.2, 0.25) is 0 Å². The van der Waals surface area contributed by atoms with E-state index in [1.54, 1.807) is 0 Å². The van der Waals surface area contributed by atoms with Crippen LogP contribution in [0.4, 0.5) is 4.39 Å². The van der Waals surface area contributed by atoms with Gasteiger partial charge in [0.15, 0.2) is 0 Å². The zero-order valence-electron chi connectivity index (χ0n) is 10.2. The summed E-state index contributed by atoms with van der Waals surface area (Å²) in [6.07, 6.45) is 9.02. The third-order valence-electron chi connectivity index (χ3n) is 5.24. The highest BCUT2D eigenvalue weighted by atomic mass is 19.1. The van der Waals surface area contributed by atoms with E-state index in [9.17, 15) is 4.39 Å². The molecular formula is C14H24FN. The van der Waals surface area contributed by atoms with Crippen molar-refractivity contribution in [3.63, 3.8) is 0 Å². The van der Waals surface area contributed by atoms with E-state index in [0.29, 0.717) is 0 Å². The Hall–Kier alpha value is -0.110. The summed E-state index contributed by atoms with van der Waals surface area (Å²) in [6, 6.07) is 0. The van der Waals surface area contributed by atoms with Gasteiger partial charge in [0.25, 0.3) is 0 Å². The minimum absolute atomic E-state index is 0.724. The number of hydrogen-bond donors (Lipinski definition) is 1. The summed E-state index contributed by atoms with van der Waals surface area (Å²) in [5.74, 6) is 2.57. The van der Waals surface area contributed by atoms with Gasteiger partial charge in [0.1, 0.15) is 5.67 Å². The van der Waals surface area contributed by atoms with Gasteiger partial charge in [-0.15, -0.1) is 0 Å². The zero-order chi connectivity index (χ0) is 11.0. The van der Waals surface area contributed by atoms with Crippen LogP contribution in [-0.2, 0) is 0 Å². The van der Waals surface area contributed by atoms with Crippen molar-refractivity contribution < 1.29 is 4.39 Å². The van der Waals surface area contributed by atoms with Crippen molar-refractivity contribution >= 4 is 0 Å². The predicted octanol–water partition coefficient (Wildman–Crippen LogP) is 3.29. The Balaban J connectivity index is 1.60. The van der Waals surface area contributed by atoms with Gasteiger partial charge in [0.2, 0.25) is 0 Å². The Morgan fingerprint density at radius 1 is 1.12 bits per heavy atom. The third kappa shape index (κ3) is 2.13. The molecule has 2 heteroatoms. The molecule has 0 radical (unpaired) electrons. The smallest absolute Gasteiger partial charge is 0.112 e. The topological polar surface area (TPSA) is 12.0 Å². The highest BCUT2D eigenvalue weighted by Crippen LogP contribution is 2.52. The number of halogens is 1. The largest absolute Gasteiger partial charge is 0.317 e. The standard InChI is InChI=1S/C14H24FN/c15-14(4-1-6-16-7-5-14)10-13-9-11-2-3-12(13)8-11/h11-13,16H,1-10H2. The molecule has 1 saturated heterocycles. The van der Waals surface area contributed by atoms with Crippen LogP contribution >= 0.6 is 0 Å². The first kappa shape index (κ1) is 11.0. The molecule has 92 valence electrons. The van der Waals surface area contributed by atoms with Crippen LogP contribution in [0.5, 0.6) is 0 Å². The molecule has 4 atom stereocenters. The maximum absolute atomic E-state index is 14.8.